The Morgan fingerprint density at radius 3 is 2.23 bits per heavy atom. The summed E-state index contributed by atoms with van der Waals surface area (Å²) >= 11 is 0. The molecular weight excluding hydrogens is 278 g/mol. The van der Waals surface area contributed by atoms with Gasteiger partial charge in [0, 0.05) is 13.1 Å². The summed E-state index contributed by atoms with van der Waals surface area (Å²) in [7, 11) is 1.79. The van der Waals surface area contributed by atoms with Crippen LogP contribution in [-0.4, -0.2) is 54.8 Å². The molecule has 0 aliphatic rings. The number of benzene rings is 1. The van der Waals surface area contributed by atoms with Gasteiger partial charge in [-0.1, -0.05) is 30.3 Å². The van der Waals surface area contributed by atoms with E-state index in [1.165, 1.54) is 0 Å². The normalized spacial score (nSPS) is 12.0. The molecule has 2 amide bonds. The van der Waals surface area contributed by atoms with Crippen LogP contribution in [0.25, 0.3) is 0 Å². The predicted octanol–water partition coefficient (Wildman–Crippen LogP) is 1.66. The molecule has 0 aromatic heterocycles. The average Bonchev–Trinajstić information content (AvgIpc) is 2.48. The van der Waals surface area contributed by atoms with Crippen LogP contribution < -0.4 is 5.32 Å². The van der Waals surface area contributed by atoms with E-state index in [2.05, 4.69) is 5.32 Å². The number of hydrogen-bond donors (Lipinski definition) is 1. The number of nitrogens with one attached hydrogen (secondary N) is 1. The highest BCUT2D eigenvalue weighted by molar-refractivity contribution is 5.81. The van der Waals surface area contributed by atoms with Gasteiger partial charge in [-0.15, -0.1) is 0 Å². The predicted molar refractivity (Wildman–Crippen MR) is 88.4 cm³/mol. The molecule has 0 heterocycles. The number of amides is 2. The Morgan fingerprint density at radius 1 is 1.09 bits per heavy atom. The van der Waals surface area contributed by atoms with Crippen molar-refractivity contribution in [2.75, 3.05) is 33.2 Å². The Bertz CT molecular complexity index is 472. The molecule has 22 heavy (non-hydrogen) atoms. The SMILES string of the molecule is CCN(CC)C(=O)CN(C)CC(=O)NC(C)c1ccccc1. The van der Waals surface area contributed by atoms with Gasteiger partial charge in [-0.3, -0.25) is 14.5 Å². The number of carbonyl (C=O) groups excluding carboxylic acids is 2. The Morgan fingerprint density at radius 2 is 1.68 bits per heavy atom. The molecule has 1 aromatic carbocycles. The molecule has 5 nitrogen and oxygen atoms in total. The number of carbonyl (C=O) groups is 2. The number of nitrogens with zero attached hydrogens (tertiary/aromatic N) is 2. The van der Waals surface area contributed by atoms with E-state index in [0.717, 1.165) is 5.56 Å². The first-order chi connectivity index (χ1) is 10.5. The van der Waals surface area contributed by atoms with Gasteiger partial charge in [0.2, 0.25) is 11.8 Å². The minimum atomic E-state index is -0.0776. The number of likely N-dealkylation sites (N-methyl/N-ethyl adjacent to an activating group) is 2. The maximum Gasteiger partial charge on any atom is 0.236 e. The molecule has 0 fully saturated rings. The van der Waals surface area contributed by atoms with Crippen LogP contribution in [0.5, 0.6) is 0 Å². The van der Waals surface area contributed by atoms with Crippen LogP contribution in [0.3, 0.4) is 0 Å². The van der Waals surface area contributed by atoms with Crippen molar-refractivity contribution in [3.8, 4) is 0 Å². The topological polar surface area (TPSA) is 52.7 Å². The van der Waals surface area contributed by atoms with E-state index in [-0.39, 0.29) is 30.9 Å². The fraction of sp³-hybridized carbons (Fsp3) is 0.529. The van der Waals surface area contributed by atoms with Gasteiger partial charge in [0.25, 0.3) is 0 Å². The molecule has 0 saturated heterocycles. The van der Waals surface area contributed by atoms with Crippen molar-refractivity contribution in [1.29, 1.82) is 0 Å². The highest BCUT2D eigenvalue weighted by Crippen LogP contribution is 2.10. The highest BCUT2D eigenvalue weighted by Gasteiger charge is 2.16. The van der Waals surface area contributed by atoms with Crippen molar-refractivity contribution >= 4 is 11.8 Å². The van der Waals surface area contributed by atoms with Gasteiger partial charge in [-0.2, -0.15) is 0 Å². The largest absolute Gasteiger partial charge is 0.348 e. The summed E-state index contributed by atoms with van der Waals surface area (Å²) in [6, 6.07) is 9.78. The van der Waals surface area contributed by atoms with Gasteiger partial charge in [-0.05, 0) is 33.4 Å². The molecular formula is C17H27N3O2. The second kappa shape index (κ2) is 9.20. The van der Waals surface area contributed by atoms with Crippen molar-refractivity contribution in [2.45, 2.75) is 26.8 Å². The minimum Gasteiger partial charge on any atom is -0.348 e. The van der Waals surface area contributed by atoms with Crippen molar-refractivity contribution in [3.63, 3.8) is 0 Å². The van der Waals surface area contributed by atoms with Gasteiger partial charge in [0.05, 0.1) is 19.1 Å². The van der Waals surface area contributed by atoms with Crippen LogP contribution >= 0.6 is 0 Å². The molecule has 1 aromatic rings. The summed E-state index contributed by atoms with van der Waals surface area (Å²) in [5, 5.41) is 2.95. The van der Waals surface area contributed by atoms with Gasteiger partial charge in [0.15, 0.2) is 0 Å². The fourth-order valence-corrected chi connectivity index (χ4v) is 2.32. The van der Waals surface area contributed by atoms with Crippen molar-refractivity contribution in [3.05, 3.63) is 35.9 Å². The van der Waals surface area contributed by atoms with E-state index in [0.29, 0.717) is 13.1 Å². The van der Waals surface area contributed by atoms with Crippen LogP contribution in [-0.2, 0) is 9.59 Å². The Hall–Kier alpha value is -1.88. The molecule has 0 spiro atoms. The summed E-state index contributed by atoms with van der Waals surface area (Å²) in [5.74, 6) is -0.0254. The smallest absolute Gasteiger partial charge is 0.236 e. The maximum absolute atomic E-state index is 12.0. The van der Waals surface area contributed by atoms with Gasteiger partial charge in [0.1, 0.15) is 0 Å². The van der Waals surface area contributed by atoms with Gasteiger partial charge >= 0.3 is 0 Å². The van der Waals surface area contributed by atoms with Gasteiger partial charge < -0.3 is 10.2 Å². The molecule has 0 bridgehead atoms. The number of rotatable bonds is 8. The van der Waals surface area contributed by atoms with Crippen molar-refractivity contribution in [1.82, 2.24) is 15.1 Å². The van der Waals surface area contributed by atoms with Crippen LogP contribution in [0, 0.1) is 0 Å². The molecule has 5 heteroatoms. The summed E-state index contributed by atoms with van der Waals surface area (Å²) in [6.07, 6.45) is 0. The second-order valence-electron chi connectivity index (χ2n) is 5.44. The van der Waals surface area contributed by atoms with Gasteiger partial charge in [-0.25, -0.2) is 0 Å². The van der Waals surface area contributed by atoms with E-state index in [4.69, 9.17) is 0 Å². The monoisotopic (exact) mass is 305 g/mol. The van der Waals surface area contributed by atoms with E-state index in [1.54, 1.807) is 16.8 Å². The lowest BCUT2D eigenvalue weighted by Crippen LogP contribution is -2.43. The Kier molecular flexibility index (Phi) is 7.60. The van der Waals surface area contributed by atoms with E-state index >= 15 is 0 Å². The van der Waals surface area contributed by atoms with Crippen LogP contribution in [0.4, 0.5) is 0 Å². The molecule has 1 N–H and O–H groups in total. The lowest BCUT2D eigenvalue weighted by Gasteiger charge is -2.23. The molecule has 1 atom stereocenters. The van der Waals surface area contributed by atoms with Crippen molar-refractivity contribution < 1.29 is 9.59 Å². The third kappa shape index (κ3) is 5.85. The summed E-state index contributed by atoms with van der Waals surface area (Å²) in [5.41, 5.74) is 1.07. The molecule has 0 aliphatic carbocycles. The maximum atomic E-state index is 12.0. The molecule has 0 radical (unpaired) electrons. The van der Waals surface area contributed by atoms with Crippen LogP contribution in [0.1, 0.15) is 32.4 Å². The summed E-state index contributed by atoms with van der Waals surface area (Å²) in [6.45, 7) is 7.72. The van der Waals surface area contributed by atoms with Crippen molar-refractivity contribution in [2.24, 2.45) is 0 Å². The third-order valence-corrected chi connectivity index (χ3v) is 3.61. The molecule has 122 valence electrons. The zero-order valence-electron chi connectivity index (χ0n) is 14.0. The third-order valence-electron chi connectivity index (χ3n) is 3.61. The zero-order valence-corrected chi connectivity index (χ0v) is 14.0. The zero-order chi connectivity index (χ0) is 16.5. The second-order valence-corrected chi connectivity index (χ2v) is 5.44. The molecule has 1 rings (SSSR count). The minimum absolute atomic E-state index is 0.0411. The Balaban J connectivity index is 2.43. The molecule has 1 unspecified atom stereocenters. The van der Waals surface area contributed by atoms with E-state index in [9.17, 15) is 9.59 Å². The average molecular weight is 305 g/mol. The van der Waals surface area contributed by atoms with E-state index < -0.39 is 0 Å². The highest BCUT2D eigenvalue weighted by atomic mass is 16.2. The fourth-order valence-electron chi connectivity index (χ4n) is 2.32. The van der Waals surface area contributed by atoms with Crippen LogP contribution in [0.15, 0.2) is 30.3 Å². The van der Waals surface area contributed by atoms with E-state index in [1.807, 2.05) is 51.1 Å². The number of hydrogen-bond acceptors (Lipinski definition) is 3. The standard InChI is InChI=1S/C17H27N3O2/c1-5-20(6-2)17(22)13-19(4)12-16(21)18-14(3)15-10-8-7-9-11-15/h7-11,14H,5-6,12-13H2,1-4H3,(H,18,21). The first kappa shape index (κ1) is 18.2. The molecule has 0 aliphatic heterocycles. The summed E-state index contributed by atoms with van der Waals surface area (Å²) in [4.78, 5) is 27.6. The Labute approximate surface area is 133 Å². The van der Waals surface area contributed by atoms with Crippen LogP contribution in [0.2, 0.25) is 0 Å². The summed E-state index contributed by atoms with van der Waals surface area (Å²) < 4.78 is 0. The quantitative estimate of drug-likeness (QED) is 0.795. The molecule has 0 saturated carbocycles. The lowest BCUT2D eigenvalue weighted by molar-refractivity contribution is -0.132. The first-order valence-corrected chi connectivity index (χ1v) is 7.78. The first-order valence-electron chi connectivity index (χ1n) is 7.78. The lowest BCUT2D eigenvalue weighted by atomic mass is 10.1.